The number of hydrogen-bond acceptors (Lipinski definition) is 2. The molecule has 0 bridgehead atoms. The Morgan fingerprint density at radius 2 is 2.20 bits per heavy atom. The number of ether oxygens (including phenoxy) is 1. The summed E-state index contributed by atoms with van der Waals surface area (Å²) < 4.78 is 5.60. The first-order valence-corrected chi connectivity index (χ1v) is 5.75. The van der Waals surface area contributed by atoms with Crippen LogP contribution in [-0.4, -0.2) is 12.6 Å². The molecule has 0 spiro atoms. The van der Waals surface area contributed by atoms with Crippen molar-refractivity contribution in [1.82, 2.24) is 0 Å². The second-order valence-corrected chi connectivity index (χ2v) is 4.83. The van der Waals surface area contributed by atoms with Gasteiger partial charge in [-0.2, -0.15) is 0 Å². The topological polar surface area (TPSA) is 35.2 Å². The van der Waals surface area contributed by atoms with Gasteiger partial charge in [-0.3, -0.25) is 0 Å². The predicted molar refractivity (Wildman–Crippen MR) is 60.2 cm³/mol. The first kappa shape index (κ1) is 9.22. The second kappa shape index (κ2) is 2.99. The molecule has 1 aromatic carbocycles. The van der Waals surface area contributed by atoms with Gasteiger partial charge in [0.05, 0.1) is 6.61 Å². The van der Waals surface area contributed by atoms with E-state index in [9.17, 15) is 0 Å². The normalized spacial score (nSPS) is 23.1. The standard InChI is InChI=1S/C13H17NO/c1-9(14)13(6-7-13)11-3-2-4-12-10(11)5-8-15-12/h2-4,9H,5-8,14H2,1H3. The molecule has 0 saturated heterocycles. The molecule has 15 heavy (non-hydrogen) atoms. The molecular formula is C13H17NO. The van der Waals surface area contributed by atoms with E-state index in [-0.39, 0.29) is 11.5 Å². The van der Waals surface area contributed by atoms with E-state index in [4.69, 9.17) is 10.5 Å². The predicted octanol–water partition coefficient (Wildman–Crippen LogP) is 2.00. The molecule has 1 unspecified atom stereocenters. The van der Waals surface area contributed by atoms with Crippen molar-refractivity contribution in [2.24, 2.45) is 5.73 Å². The first-order valence-electron chi connectivity index (χ1n) is 5.75. The quantitative estimate of drug-likeness (QED) is 0.798. The fraction of sp³-hybridized carbons (Fsp3) is 0.538. The summed E-state index contributed by atoms with van der Waals surface area (Å²) in [6.07, 6.45) is 3.53. The zero-order valence-corrected chi connectivity index (χ0v) is 9.12. The molecule has 1 aliphatic heterocycles. The van der Waals surface area contributed by atoms with Gasteiger partial charge in [0.25, 0.3) is 0 Å². The Hall–Kier alpha value is -1.02. The van der Waals surface area contributed by atoms with Gasteiger partial charge in [-0.1, -0.05) is 12.1 Å². The van der Waals surface area contributed by atoms with E-state index in [0.29, 0.717) is 0 Å². The van der Waals surface area contributed by atoms with Gasteiger partial charge in [0.2, 0.25) is 0 Å². The van der Waals surface area contributed by atoms with Crippen LogP contribution in [0, 0.1) is 0 Å². The molecule has 0 amide bonds. The van der Waals surface area contributed by atoms with Gasteiger partial charge in [0.1, 0.15) is 5.75 Å². The van der Waals surface area contributed by atoms with Gasteiger partial charge in [-0.05, 0) is 31.4 Å². The summed E-state index contributed by atoms with van der Waals surface area (Å²) >= 11 is 0. The molecule has 0 radical (unpaired) electrons. The molecule has 1 aromatic rings. The molecule has 2 heteroatoms. The monoisotopic (exact) mass is 203 g/mol. The van der Waals surface area contributed by atoms with E-state index < -0.39 is 0 Å². The maximum atomic E-state index is 6.12. The van der Waals surface area contributed by atoms with Crippen LogP contribution in [0.15, 0.2) is 18.2 Å². The van der Waals surface area contributed by atoms with Crippen molar-refractivity contribution in [1.29, 1.82) is 0 Å². The minimum atomic E-state index is 0.254. The molecule has 2 N–H and O–H groups in total. The lowest BCUT2D eigenvalue weighted by atomic mass is 9.85. The van der Waals surface area contributed by atoms with Crippen LogP contribution in [0.3, 0.4) is 0 Å². The van der Waals surface area contributed by atoms with Crippen LogP contribution in [0.2, 0.25) is 0 Å². The van der Waals surface area contributed by atoms with Crippen LogP contribution in [0.5, 0.6) is 5.75 Å². The lowest BCUT2D eigenvalue weighted by molar-refractivity contribution is 0.357. The second-order valence-electron chi connectivity index (χ2n) is 4.83. The third kappa shape index (κ3) is 1.21. The largest absolute Gasteiger partial charge is 0.493 e. The van der Waals surface area contributed by atoms with Crippen molar-refractivity contribution < 1.29 is 4.74 Å². The van der Waals surface area contributed by atoms with Crippen LogP contribution < -0.4 is 10.5 Å². The summed E-state index contributed by atoms with van der Waals surface area (Å²) in [7, 11) is 0. The van der Waals surface area contributed by atoms with Crippen LogP contribution in [0.4, 0.5) is 0 Å². The van der Waals surface area contributed by atoms with Crippen molar-refractivity contribution in [3.63, 3.8) is 0 Å². The Morgan fingerprint density at radius 1 is 1.40 bits per heavy atom. The Kier molecular flexibility index (Phi) is 1.84. The average molecular weight is 203 g/mol. The number of rotatable bonds is 2. The molecule has 0 aromatic heterocycles. The Bertz CT molecular complexity index is 394. The van der Waals surface area contributed by atoms with Gasteiger partial charge in [-0.15, -0.1) is 0 Å². The Labute approximate surface area is 90.4 Å². The van der Waals surface area contributed by atoms with E-state index in [1.807, 2.05) is 0 Å². The number of nitrogens with two attached hydrogens (primary N) is 1. The third-order valence-corrected chi connectivity index (χ3v) is 3.94. The molecule has 1 fully saturated rings. The molecule has 2 aliphatic rings. The molecule has 1 heterocycles. The molecular weight excluding hydrogens is 186 g/mol. The lowest BCUT2D eigenvalue weighted by Crippen LogP contribution is -2.32. The van der Waals surface area contributed by atoms with Crippen LogP contribution in [0.1, 0.15) is 30.9 Å². The van der Waals surface area contributed by atoms with Crippen LogP contribution in [0.25, 0.3) is 0 Å². The first-order chi connectivity index (χ1) is 7.24. The van der Waals surface area contributed by atoms with E-state index in [2.05, 4.69) is 25.1 Å². The number of benzene rings is 1. The Morgan fingerprint density at radius 3 is 2.87 bits per heavy atom. The molecule has 1 atom stereocenters. The average Bonchev–Trinajstić information content (AvgIpc) is 2.89. The maximum Gasteiger partial charge on any atom is 0.122 e. The van der Waals surface area contributed by atoms with Gasteiger partial charge >= 0.3 is 0 Å². The summed E-state index contributed by atoms with van der Waals surface area (Å²) in [6, 6.07) is 6.67. The third-order valence-electron chi connectivity index (χ3n) is 3.94. The van der Waals surface area contributed by atoms with Crippen molar-refractivity contribution in [3.8, 4) is 5.75 Å². The highest BCUT2D eigenvalue weighted by atomic mass is 16.5. The van der Waals surface area contributed by atoms with E-state index >= 15 is 0 Å². The summed E-state index contributed by atoms with van der Waals surface area (Å²) in [5.41, 5.74) is 9.24. The molecule has 1 saturated carbocycles. The van der Waals surface area contributed by atoms with Crippen LogP contribution in [-0.2, 0) is 11.8 Å². The molecule has 80 valence electrons. The highest BCUT2D eigenvalue weighted by Crippen LogP contribution is 2.53. The SMILES string of the molecule is CC(N)C1(c2cccc3c2CCO3)CC1. The highest BCUT2D eigenvalue weighted by Gasteiger charge is 2.49. The fourth-order valence-electron chi connectivity index (χ4n) is 2.79. The summed E-state index contributed by atoms with van der Waals surface area (Å²) in [5, 5.41) is 0. The van der Waals surface area contributed by atoms with Crippen molar-refractivity contribution >= 4 is 0 Å². The van der Waals surface area contributed by atoms with Crippen molar-refractivity contribution in [2.75, 3.05) is 6.61 Å². The molecule has 1 aliphatic carbocycles. The maximum absolute atomic E-state index is 6.12. The van der Waals surface area contributed by atoms with Gasteiger partial charge in [0, 0.05) is 23.4 Å². The number of fused-ring (bicyclic) bond motifs is 1. The van der Waals surface area contributed by atoms with Gasteiger partial charge < -0.3 is 10.5 Å². The van der Waals surface area contributed by atoms with E-state index in [1.165, 1.54) is 24.0 Å². The minimum Gasteiger partial charge on any atom is -0.493 e. The van der Waals surface area contributed by atoms with E-state index in [1.54, 1.807) is 0 Å². The number of hydrogen-bond donors (Lipinski definition) is 1. The minimum absolute atomic E-state index is 0.254. The van der Waals surface area contributed by atoms with Crippen molar-refractivity contribution in [2.45, 2.75) is 37.6 Å². The lowest BCUT2D eigenvalue weighted by Gasteiger charge is -2.22. The van der Waals surface area contributed by atoms with E-state index in [0.717, 1.165) is 18.8 Å². The summed E-state index contributed by atoms with van der Waals surface area (Å²) in [4.78, 5) is 0. The zero-order valence-electron chi connectivity index (χ0n) is 9.12. The smallest absolute Gasteiger partial charge is 0.122 e. The Balaban J connectivity index is 2.10. The van der Waals surface area contributed by atoms with Gasteiger partial charge in [0.15, 0.2) is 0 Å². The zero-order chi connectivity index (χ0) is 10.5. The van der Waals surface area contributed by atoms with Gasteiger partial charge in [-0.25, -0.2) is 0 Å². The fourth-order valence-corrected chi connectivity index (χ4v) is 2.79. The van der Waals surface area contributed by atoms with Crippen LogP contribution >= 0.6 is 0 Å². The van der Waals surface area contributed by atoms with Crippen molar-refractivity contribution in [3.05, 3.63) is 29.3 Å². The summed E-state index contributed by atoms with van der Waals surface area (Å²) in [5.74, 6) is 1.08. The highest BCUT2D eigenvalue weighted by molar-refractivity contribution is 5.49. The summed E-state index contributed by atoms with van der Waals surface area (Å²) in [6.45, 7) is 2.96. The molecule has 2 nitrogen and oxygen atoms in total. The molecule has 3 rings (SSSR count).